The van der Waals surface area contributed by atoms with Gasteiger partial charge in [-0.3, -0.25) is 4.79 Å². The fourth-order valence-electron chi connectivity index (χ4n) is 9.74. The molecule has 6 unspecified atom stereocenters. The first-order valence-electron chi connectivity index (χ1n) is 13.6. The number of fused-ring (bicyclic) bond motifs is 1. The number of aliphatic hydroxyl groups is 1. The van der Waals surface area contributed by atoms with Crippen molar-refractivity contribution in [1.82, 2.24) is 9.62 Å². The molecule has 1 amide bonds. The van der Waals surface area contributed by atoms with Crippen LogP contribution in [0, 0.1) is 59.1 Å². The zero-order valence-electron chi connectivity index (χ0n) is 21.6. The van der Waals surface area contributed by atoms with Crippen molar-refractivity contribution in [2.24, 2.45) is 57.7 Å². The van der Waals surface area contributed by atoms with Gasteiger partial charge in [0, 0.05) is 30.6 Å². The molecule has 0 radical (unpaired) electrons. The van der Waals surface area contributed by atoms with Crippen LogP contribution in [0.15, 0.2) is 50.3 Å². The SMILES string of the molecule is CS(=O)(=O)NCc1csc2c1S(=O)(=O)N=C(C1=C(O)[C@@H]3C4C5C6C7C4C7C(C65)[C@@H]3N(Cc3ccc(F)cc3)C1=O)N2. The van der Waals surface area contributed by atoms with Gasteiger partial charge >= 0.3 is 0 Å². The summed E-state index contributed by atoms with van der Waals surface area (Å²) in [5.41, 5.74) is 0.857. The molecule has 214 valence electrons. The lowest BCUT2D eigenvalue weighted by Gasteiger charge is -2.54. The van der Waals surface area contributed by atoms with E-state index in [-0.39, 0.29) is 69.4 Å². The second-order valence-electron chi connectivity index (χ2n) is 12.5. The number of nitrogens with zero attached hydrogens (tertiary/aromatic N) is 2. The lowest BCUT2D eigenvalue weighted by Crippen LogP contribution is -2.61. The zero-order valence-corrected chi connectivity index (χ0v) is 24.0. The molecular weight excluding hydrogens is 592 g/mol. The van der Waals surface area contributed by atoms with Crippen molar-refractivity contribution in [3.8, 4) is 0 Å². The molecule has 2 aromatic rings. The number of nitrogens with one attached hydrogen (secondary N) is 2. The maximum Gasteiger partial charge on any atom is 0.287 e. The van der Waals surface area contributed by atoms with Crippen molar-refractivity contribution in [2.75, 3.05) is 11.6 Å². The molecule has 8 aliphatic rings. The number of hydrogen-bond donors (Lipinski definition) is 3. The molecule has 6 saturated carbocycles. The third-order valence-electron chi connectivity index (χ3n) is 10.7. The number of benzene rings is 1. The van der Waals surface area contributed by atoms with Crippen LogP contribution in [0.4, 0.5) is 9.39 Å². The van der Waals surface area contributed by atoms with Crippen LogP contribution in [0.5, 0.6) is 0 Å². The summed E-state index contributed by atoms with van der Waals surface area (Å²) in [6, 6.07) is 5.81. The number of amidine groups is 1. The molecule has 41 heavy (non-hydrogen) atoms. The second-order valence-corrected chi connectivity index (χ2v) is 16.8. The normalized spacial score (nSPS) is 39.7. The number of thiophene rings is 1. The van der Waals surface area contributed by atoms with Crippen LogP contribution in [0.3, 0.4) is 0 Å². The Morgan fingerprint density at radius 3 is 2.37 bits per heavy atom. The highest BCUT2D eigenvalue weighted by Gasteiger charge is 2.92. The minimum Gasteiger partial charge on any atom is -0.511 e. The molecule has 3 heterocycles. The number of rotatable bonds is 6. The number of amides is 1. The molecule has 2 aliphatic heterocycles. The molecule has 6 fully saturated rings. The summed E-state index contributed by atoms with van der Waals surface area (Å²) in [6.45, 7) is -0.00893. The van der Waals surface area contributed by atoms with E-state index in [2.05, 4.69) is 14.4 Å². The van der Waals surface area contributed by atoms with Gasteiger partial charge in [-0.05, 0) is 70.4 Å². The first-order chi connectivity index (χ1) is 19.5. The van der Waals surface area contributed by atoms with Gasteiger partial charge in [0.05, 0.1) is 6.26 Å². The topological polar surface area (TPSA) is 145 Å². The van der Waals surface area contributed by atoms with Crippen LogP contribution in [0.2, 0.25) is 0 Å². The Labute approximate surface area is 239 Å². The number of sulfonamides is 2. The van der Waals surface area contributed by atoms with Gasteiger partial charge in [0.2, 0.25) is 10.0 Å². The quantitative estimate of drug-likeness (QED) is 0.452. The van der Waals surface area contributed by atoms with Crippen molar-refractivity contribution >= 4 is 48.1 Å². The summed E-state index contributed by atoms with van der Waals surface area (Å²) >= 11 is 1.06. The number of carbonyl (C=O) groups excluding carboxylic acids is 1. The Bertz CT molecular complexity index is 1850. The second kappa shape index (κ2) is 7.57. The Morgan fingerprint density at radius 2 is 1.71 bits per heavy atom. The van der Waals surface area contributed by atoms with Gasteiger partial charge < -0.3 is 15.3 Å². The minimum absolute atomic E-state index is 0.0825. The van der Waals surface area contributed by atoms with Gasteiger partial charge in [0.1, 0.15) is 27.0 Å². The third kappa shape index (κ3) is 3.14. The van der Waals surface area contributed by atoms with Gasteiger partial charge in [-0.1, -0.05) is 12.1 Å². The van der Waals surface area contributed by atoms with E-state index >= 15 is 0 Å². The van der Waals surface area contributed by atoms with Crippen LogP contribution in [-0.4, -0.2) is 50.9 Å². The largest absolute Gasteiger partial charge is 0.511 e. The highest BCUT2D eigenvalue weighted by molar-refractivity contribution is 7.91. The lowest BCUT2D eigenvalue weighted by atomic mass is 9.59. The molecule has 2 bridgehead atoms. The van der Waals surface area contributed by atoms with E-state index in [1.54, 1.807) is 17.0 Å². The predicted octanol–water partition coefficient (Wildman–Crippen LogP) is 2.29. The number of hydrogen-bond acceptors (Lipinski definition) is 8. The maximum absolute atomic E-state index is 14.3. The van der Waals surface area contributed by atoms with Crippen LogP contribution < -0.4 is 10.0 Å². The van der Waals surface area contributed by atoms with E-state index < -0.39 is 26.0 Å². The highest BCUT2D eigenvalue weighted by atomic mass is 32.2. The third-order valence-corrected chi connectivity index (χ3v) is 13.9. The summed E-state index contributed by atoms with van der Waals surface area (Å²) in [4.78, 5) is 15.9. The predicted molar refractivity (Wildman–Crippen MR) is 146 cm³/mol. The number of aliphatic hydroxyl groups excluding tert-OH is 1. The molecule has 1 aromatic carbocycles. The summed E-state index contributed by atoms with van der Waals surface area (Å²) < 4.78 is 70.0. The zero-order chi connectivity index (χ0) is 28.3. The number of anilines is 1. The maximum atomic E-state index is 14.3. The Balaban J connectivity index is 1.13. The van der Waals surface area contributed by atoms with Gasteiger partial charge in [0.15, 0.2) is 5.84 Å². The fraction of sp³-hybridized carbons (Fsp3) is 0.481. The molecule has 6 aliphatic carbocycles. The van der Waals surface area contributed by atoms with E-state index in [4.69, 9.17) is 0 Å². The Hall–Kier alpha value is -2.81. The molecule has 8 atom stereocenters. The average Bonchev–Trinajstić information content (AvgIpc) is 3.68. The van der Waals surface area contributed by atoms with E-state index in [9.17, 15) is 31.1 Å². The molecule has 14 heteroatoms. The number of carbonyl (C=O) groups is 1. The van der Waals surface area contributed by atoms with E-state index in [0.717, 1.165) is 23.2 Å². The Morgan fingerprint density at radius 1 is 1.07 bits per heavy atom. The molecule has 0 saturated heterocycles. The molecule has 10 nitrogen and oxygen atoms in total. The lowest BCUT2D eigenvalue weighted by molar-refractivity contribution is -0.141. The standard InChI is InChI=1S/C27H25FN4O6S3/c1-40(35,36)29-6-10-8-39-26-24(10)41(37,38)31-25(30-26)21-23(33)20-18-14-12-13-15(18)17(13)19(16(12)14)22(20)32(27(21)34)7-9-2-4-11(28)5-3-9/h2-5,8,12-20,22,29,33H,6-7H2,1H3,(H,30,31)/t12?,13?,14?,15?,16?,17?,18?,19?,20-,22+/m1/s1. The van der Waals surface area contributed by atoms with E-state index in [0.29, 0.717) is 41.4 Å². The average molecular weight is 617 g/mol. The van der Waals surface area contributed by atoms with Gasteiger partial charge in [-0.25, -0.2) is 17.5 Å². The monoisotopic (exact) mass is 616 g/mol. The summed E-state index contributed by atoms with van der Waals surface area (Å²) in [7, 11) is -7.89. The van der Waals surface area contributed by atoms with Gasteiger partial charge in [0.25, 0.3) is 15.9 Å². The molecule has 0 spiro atoms. The molecule has 10 rings (SSSR count). The van der Waals surface area contributed by atoms with Crippen LogP contribution >= 0.6 is 11.3 Å². The Kier molecular flexibility index (Phi) is 4.57. The molecule has 1 aromatic heterocycles. The van der Waals surface area contributed by atoms with Crippen molar-refractivity contribution in [3.05, 3.63) is 57.9 Å². The van der Waals surface area contributed by atoms with Gasteiger partial charge in [-0.2, -0.15) is 8.42 Å². The van der Waals surface area contributed by atoms with Crippen LogP contribution in [0.25, 0.3) is 0 Å². The first kappa shape index (κ1) is 24.8. The fourth-order valence-corrected chi connectivity index (χ4v) is 12.8. The summed E-state index contributed by atoms with van der Waals surface area (Å²) in [5, 5.41) is 16.5. The minimum atomic E-state index is -4.32. The number of halogens is 1. The van der Waals surface area contributed by atoms with Crippen molar-refractivity contribution < 1.29 is 31.1 Å². The van der Waals surface area contributed by atoms with Crippen molar-refractivity contribution in [1.29, 1.82) is 0 Å². The van der Waals surface area contributed by atoms with E-state index in [1.165, 1.54) is 17.5 Å². The van der Waals surface area contributed by atoms with Crippen LogP contribution in [-0.2, 0) is 37.9 Å². The summed E-state index contributed by atoms with van der Waals surface area (Å²) in [5.74, 6) is 2.79. The van der Waals surface area contributed by atoms with Gasteiger partial charge in [-0.15, -0.1) is 15.7 Å². The first-order valence-corrected chi connectivity index (χ1v) is 17.8. The van der Waals surface area contributed by atoms with Crippen LogP contribution in [0.1, 0.15) is 11.1 Å². The smallest absolute Gasteiger partial charge is 0.287 e. The highest BCUT2D eigenvalue weighted by Crippen LogP contribution is 2.93. The summed E-state index contributed by atoms with van der Waals surface area (Å²) in [6.07, 6.45) is 0.983. The van der Waals surface area contributed by atoms with Crippen molar-refractivity contribution in [3.63, 3.8) is 0 Å². The molecule has 3 N–H and O–H groups in total. The van der Waals surface area contributed by atoms with Crippen molar-refractivity contribution in [2.45, 2.75) is 24.0 Å². The molecular formula is C27H25FN4O6S3. The van der Waals surface area contributed by atoms with E-state index in [1.807, 2.05) is 0 Å².